The second kappa shape index (κ2) is 8.05. The molecule has 0 aliphatic carbocycles. The second-order valence-electron chi connectivity index (χ2n) is 7.05. The summed E-state index contributed by atoms with van der Waals surface area (Å²) in [4.78, 5) is 26.4. The molecule has 1 saturated heterocycles. The molecular formula is C21H16Cl2N2O4S. The van der Waals surface area contributed by atoms with Gasteiger partial charge in [-0.1, -0.05) is 29.3 Å². The van der Waals surface area contributed by atoms with E-state index in [0.717, 1.165) is 33.4 Å². The third kappa shape index (κ3) is 3.30. The summed E-state index contributed by atoms with van der Waals surface area (Å²) in [6.45, 7) is 2.10. The van der Waals surface area contributed by atoms with Crippen LogP contribution in [0.5, 0.6) is 5.88 Å². The summed E-state index contributed by atoms with van der Waals surface area (Å²) in [5, 5.41) is 21.6. The minimum Gasteiger partial charge on any atom is -0.494 e. The first-order valence-corrected chi connectivity index (χ1v) is 10.8. The van der Waals surface area contributed by atoms with Crippen LogP contribution in [0.4, 0.5) is 0 Å². The number of hydrogen-bond acceptors (Lipinski definition) is 6. The number of nitriles is 1. The van der Waals surface area contributed by atoms with E-state index in [1.807, 2.05) is 6.07 Å². The van der Waals surface area contributed by atoms with Gasteiger partial charge >= 0.3 is 0 Å². The number of aromatic hydroxyl groups is 1. The van der Waals surface area contributed by atoms with Crippen LogP contribution in [-0.2, 0) is 11.3 Å². The average molecular weight is 463 g/mol. The van der Waals surface area contributed by atoms with Crippen molar-refractivity contribution in [3.8, 4) is 11.9 Å². The Morgan fingerprint density at radius 3 is 2.83 bits per heavy atom. The second-order valence-corrected chi connectivity index (χ2v) is 8.89. The number of ether oxygens (including phenoxy) is 1. The third-order valence-corrected chi connectivity index (χ3v) is 7.21. The number of thiophene rings is 1. The minimum atomic E-state index is -0.648. The molecule has 154 valence electrons. The highest BCUT2D eigenvalue weighted by Crippen LogP contribution is 2.41. The Bertz CT molecular complexity index is 1280. The molecule has 9 heteroatoms. The highest BCUT2D eigenvalue weighted by atomic mass is 35.5. The van der Waals surface area contributed by atoms with Crippen molar-refractivity contribution in [2.45, 2.75) is 32.4 Å². The van der Waals surface area contributed by atoms with E-state index in [9.17, 15) is 20.0 Å². The van der Waals surface area contributed by atoms with Gasteiger partial charge in [-0.25, -0.2) is 0 Å². The van der Waals surface area contributed by atoms with Crippen LogP contribution in [0, 0.1) is 18.3 Å². The molecule has 0 saturated carbocycles. The fraction of sp³-hybridized carbons (Fsp3) is 0.286. The molecule has 0 amide bonds. The van der Waals surface area contributed by atoms with Gasteiger partial charge in [0, 0.05) is 16.7 Å². The van der Waals surface area contributed by atoms with Crippen LogP contribution in [0.1, 0.15) is 39.2 Å². The maximum Gasteiger partial charge on any atom is 0.271 e. The molecule has 2 aromatic heterocycles. The third-order valence-electron chi connectivity index (χ3n) is 5.25. The quantitative estimate of drug-likeness (QED) is 0.568. The zero-order valence-corrected chi connectivity index (χ0v) is 18.2. The molecule has 6 nitrogen and oxygen atoms in total. The molecule has 30 heavy (non-hydrogen) atoms. The van der Waals surface area contributed by atoms with E-state index in [1.165, 1.54) is 6.92 Å². The first kappa shape index (κ1) is 20.9. The molecule has 3 aromatic rings. The summed E-state index contributed by atoms with van der Waals surface area (Å²) in [5.74, 6) is -1.05. The van der Waals surface area contributed by atoms with Crippen molar-refractivity contribution in [2.24, 2.45) is 0 Å². The standard InChI is InChI=1S/C21H16Cl2N2O4S/c1-10-12(8-24)20(27)25(9-11-4-3-7-29-11)21(28)15(10)18(26)19-17(23)16-13(22)5-2-6-14(16)30-19/h2,5-6,11,28H,3-4,7,9H2,1H3. The number of hydrogen-bond donors (Lipinski definition) is 1. The average Bonchev–Trinajstić information content (AvgIpc) is 3.34. The molecular weight excluding hydrogens is 447 g/mol. The smallest absolute Gasteiger partial charge is 0.271 e. The van der Waals surface area contributed by atoms with Gasteiger partial charge in [-0.2, -0.15) is 5.26 Å². The molecule has 1 atom stereocenters. The first-order chi connectivity index (χ1) is 14.3. The van der Waals surface area contributed by atoms with Crippen molar-refractivity contribution in [2.75, 3.05) is 6.61 Å². The predicted molar refractivity (Wildman–Crippen MR) is 116 cm³/mol. The van der Waals surface area contributed by atoms with E-state index in [-0.39, 0.29) is 39.2 Å². The molecule has 1 N–H and O–H groups in total. The predicted octanol–water partition coefficient (Wildman–Crippen LogP) is 4.67. The number of fused-ring (bicyclic) bond motifs is 1. The van der Waals surface area contributed by atoms with Crippen LogP contribution in [0.15, 0.2) is 23.0 Å². The van der Waals surface area contributed by atoms with Gasteiger partial charge in [-0.15, -0.1) is 11.3 Å². The van der Waals surface area contributed by atoms with Crippen molar-refractivity contribution >= 4 is 50.4 Å². The summed E-state index contributed by atoms with van der Waals surface area (Å²) in [5.41, 5.74) is -0.837. The monoisotopic (exact) mass is 462 g/mol. The van der Waals surface area contributed by atoms with E-state index >= 15 is 0 Å². The fourth-order valence-corrected chi connectivity index (χ4v) is 5.62. The molecule has 4 rings (SSSR count). The molecule has 1 aromatic carbocycles. The molecule has 3 heterocycles. The number of carbonyl (C=O) groups is 1. The van der Waals surface area contributed by atoms with Crippen molar-refractivity contribution in [1.82, 2.24) is 4.57 Å². The van der Waals surface area contributed by atoms with Crippen LogP contribution in [0.3, 0.4) is 0 Å². The first-order valence-electron chi connectivity index (χ1n) is 9.24. The SMILES string of the molecule is Cc1c(C(=O)c2sc3cccc(Cl)c3c2Cl)c(O)n(CC2CCCO2)c(=O)c1C#N. The zero-order valence-electron chi connectivity index (χ0n) is 15.9. The van der Waals surface area contributed by atoms with Crippen LogP contribution in [0.25, 0.3) is 10.1 Å². The number of carbonyl (C=O) groups excluding carboxylic acids is 1. The number of benzene rings is 1. The Labute approximate surface area is 185 Å². The number of nitrogens with zero attached hydrogens (tertiary/aromatic N) is 2. The summed E-state index contributed by atoms with van der Waals surface area (Å²) in [6, 6.07) is 7.09. The molecule has 0 radical (unpaired) electrons. The van der Waals surface area contributed by atoms with Crippen molar-refractivity contribution in [3.05, 3.63) is 60.2 Å². The fourth-order valence-electron chi connectivity index (χ4n) is 3.71. The molecule has 1 fully saturated rings. The van der Waals surface area contributed by atoms with E-state index in [0.29, 0.717) is 17.0 Å². The largest absolute Gasteiger partial charge is 0.494 e. The van der Waals surface area contributed by atoms with Crippen LogP contribution >= 0.6 is 34.5 Å². The lowest BCUT2D eigenvalue weighted by atomic mass is 10.0. The number of aromatic nitrogens is 1. The van der Waals surface area contributed by atoms with E-state index in [1.54, 1.807) is 18.2 Å². The van der Waals surface area contributed by atoms with Crippen molar-refractivity contribution in [3.63, 3.8) is 0 Å². The maximum atomic E-state index is 13.4. The topological polar surface area (TPSA) is 92.3 Å². The lowest BCUT2D eigenvalue weighted by Crippen LogP contribution is -2.30. The van der Waals surface area contributed by atoms with Gasteiger partial charge in [0.05, 0.1) is 33.1 Å². The number of pyridine rings is 1. The minimum absolute atomic E-state index is 0.0614. The van der Waals surface area contributed by atoms with E-state index in [4.69, 9.17) is 27.9 Å². The summed E-state index contributed by atoms with van der Waals surface area (Å²) in [6.07, 6.45) is 1.31. The van der Waals surface area contributed by atoms with Gasteiger partial charge < -0.3 is 9.84 Å². The maximum absolute atomic E-state index is 13.4. The molecule has 1 aliphatic heterocycles. The number of halogens is 2. The highest BCUT2D eigenvalue weighted by molar-refractivity contribution is 7.22. The Balaban J connectivity index is 1.91. The van der Waals surface area contributed by atoms with Gasteiger partial charge in [0.25, 0.3) is 5.56 Å². The zero-order chi connectivity index (χ0) is 21.6. The summed E-state index contributed by atoms with van der Waals surface area (Å²) < 4.78 is 7.32. The van der Waals surface area contributed by atoms with E-state index in [2.05, 4.69) is 0 Å². The van der Waals surface area contributed by atoms with Crippen LogP contribution < -0.4 is 5.56 Å². The lowest BCUT2D eigenvalue weighted by molar-refractivity contribution is 0.0929. The Morgan fingerprint density at radius 1 is 1.43 bits per heavy atom. The molecule has 0 spiro atoms. The normalized spacial score (nSPS) is 16.1. The number of ketones is 1. The van der Waals surface area contributed by atoms with Crippen molar-refractivity contribution in [1.29, 1.82) is 5.26 Å². The summed E-state index contributed by atoms with van der Waals surface area (Å²) >= 11 is 13.8. The molecule has 1 aliphatic rings. The highest BCUT2D eigenvalue weighted by Gasteiger charge is 2.29. The number of rotatable bonds is 4. The lowest BCUT2D eigenvalue weighted by Gasteiger charge is -2.17. The molecule has 0 bridgehead atoms. The van der Waals surface area contributed by atoms with Crippen LogP contribution in [0.2, 0.25) is 10.0 Å². The van der Waals surface area contributed by atoms with E-state index < -0.39 is 17.2 Å². The van der Waals surface area contributed by atoms with Crippen LogP contribution in [-0.4, -0.2) is 28.2 Å². The Morgan fingerprint density at radius 2 is 2.20 bits per heavy atom. The summed E-state index contributed by atoms with van der Waals surface area (Å²) in [7, 11) is 0. The van der Waals surface area contributed by atoms with Gasteiger partial charge in [0.15, 0.2) is 0 Å². The van der Waals surface area contributed by atoms with Gasteiger partial charge in [0.2, 0.25) is 11.7 Å². The Kier molecular flexibility index (Phi) is 5.60. The van der Waals surface area contributed by atoms with Gasteiger partial charge in [-0.05, 0) is 37.5 Å². The van der Waals surface area contributed by atoms with Gasteiger partial charge in [0.1, 0.15) is 11.6 Å². The van der Waals surface area contributed by atoms with Crippen molar-refractivity contribution < 1.29 is 14.6 Å². The Hall–Kier alpha value is -2.37. The molecule has 1 unspecified atom stereocenters. The van der Waals surface area contributed by atoms with Gasteiger partial charge in [-0.3, -0.25) is 14.2 Å².